The summed E-state index contributed by atoms with van der Waals surface area (Å²) in [6, 6.07) is 11.2. The molecule has 1 atom stereocenters. The van der Waals surface area contributed by atoms with Crippen molar-refractivity contribution in [3.8, 4) is 11.8 Å². The van der Waals surface area contributed by atoms with Gasteiger partial charge in [-0.15, -0.1) is 0 Å². The molecule has 0 saturated heterocycles. The first-order chi connectivity index (χ1) is 10.1. The zero-order valence-corrected chi connectivity index (χ0v) is 12.5. The molecule has 0 amide bonds. The minimum Gasteiger partial charge on any atom is -0.487 e. The van der Waals surface area contributed by atoms with Crippen molar-refractivity contribution in [2.45, 2.75) is 26.0 Å². The number of nitriles is 1. The quantitative estimate of drug-likeness (QED) is 0.921. The molecule has 0 spiro atoms. The van der Waals surface area contributed by atoms with E-state index in [2.05, 4.69) is 4.98 Å². The predicted octanol–water partition coefficient (Wildman–Crippen LogP) is 3.08. The molecule has 0 aliphatic rings. The van der Waals surface area contributed by atoms with Crippen LogP contribution in [0.4, 0.5) is 0 Å². The summed E-state index contributed by atoms with van der Waals surface area (Å²) in [5.41, 5.74) is 8.06. The number of halogens is 1. The topological polar surface area (TPSA) is 71.9 Å². The molecule has 2 rings (SSSR count). The lowest BCUT2D eigenvalue weighted by Crippen LogP contribution is -2.18. The number of nitrogens with zero attached hydrogens (tertiary/aromatic N) is 2. The molecule has 2 aromatic rings. The monoisotopic (exact) mass is 301 g/mol. The van der Waals surface area contributed by atoms with Gasteiger partial charge in [0.25, 0.3) is 0 Å². The maximum absolute atomic E-state index is 8.85. The van der Waals surface area contributed by atoms with Crippen molar-refractivity contribution in [3.05, 3.63) is 58.4 Å². The van der Waals surface area contributed by atoms with E-state index in [1.807, 2.05) is 31.2 Å². The number of pyridine rings is 1. The fourth-order valence-corrected chi connectivity index (χ4v) is 2.25. The molecule has 5 heteroatoms. The lowest BCUT2D eigenvalue weighted by Gasteiger charge is -2.14. The first kappa shape index (κ1) is 15.3. The van der Waals surface area contributed by atoms with Crippen LogP contribution in [0.1, 0.15) is 23.7 Å². The summed E-state index contributed by atoms with van der Waals surface area (Å²) < 4.78 is 5.83. The second kappa shape index (κ2) is 7.07. The van der Waals surface area contributed by atoms with E-state index in [-0.39, 0.29) is 6.04 Å². The van der Waals surface area contributed by atoms with Crippen LogP contribution in [0.25, 0.3) is 0 Å². The third-order valence-electron chi connectivity index (χ3n) is 2.91. The summed E-state index contributed by atoms with van der Waals surface area (Å²) >= 11 is 6.21. The summed E-state index contributed by atoms with van der Waals surface area (Å²) in [5, 5.41) is 9.40. The van der Waals surface area contributed by atoms with Crippen LogP contribution in [0.15, 0.2) is 36.5 Å². The molecule has 0 aliphatic carbocycles. The van der Waals surface area contributed by atoms with Crippen LogP contribution in [0.3, 0.4) is 0 Å². The molecule has 1 aromatic heterocycles. The van der Waals surface area contributed by atoms with Gasteiger partial charge in [-0.2, -0.15) is 5.26 Å². The highest BCUT2D eigenvalue weighted by atomic mass is 35.5. The first-order valence-electron chi connectivity index (χ1n) is 6.61. The van der Waals surface area contributed by atoms with Crippen LogP contribution in [-0.2, 0) is 13.0 Å². The summed E-state index contributed by atoms with van der Waals surface area (Å²) in [4.78, 5) is 3.93. The Hall–Kier alpha value is -2.09. The van der Waals surface area contributed by atoms with Crippen molar-refractivity contribution in [1.29, 1.82) is 5.26 Å². The molecule has 0 radical (unpaired) electrons. The number of hydrogen-bond acceptors (Lipinski definition) is 4. The van der Waals surface area contributed by atoms with E-state index in [4.69, 9.17) is 27.3 Å². The van der Waals surface area contributed by atoms with Crippen LogP contribution in [0.5, 0.6) is 5.75 Å². The van der Waals surface area contributed by atoms with Crippen molar-refractivity contribution in [1.82, 2.24) is 4.98 Å². The standard InChI is InChI=1S/C16H16ClN3O/c1-11(19)7-13-3-2-4-15(17)16(13)21-10-12-5-6-20-14(8-12)9-18/h2-6,8,11H,7,10,19H2,1H3. The zero-order valence-electron chi connectivity index (χ0n) is 11.7. The van der Waals surface area contributed by atoms with Crippen molar-refractivity contribution in [2.24, 2.45) is 5.73 Å². The van der Waals surface area contributed by atoms with Crippen molar-refractivity contribution in [2.75, 3.05) is 0 Å². The van der Waals surface area contributed by atoms with E-state index >= 15 is 0 Å². The molecular weight excluding hydrogens is 286 g/mol. The lowest BCUT2D eigenvalue weighted by molar-refractivity contribution is 0.302. The zero-order chi connectivity index (χ0) is 15.2. The van der Waals surface area contributed by atoms with E-state index in [0.29, 0.717) is 29.5 Å². The molecule has 21 heavy (non-hydrogen) atoms. The predicted molar refractivity (Wildman–Crippen MR) is 82.1 cm³/mol. The van der Waals surface area contributed by atoms with Crippen LogP contribution in [0.2, 0.25) is 5.02 Å². The summed E-state index contributed by atoms with van der Waals surface area (Å²) in [5.74, 6) is 0.645. The number of aromatic nitrogens is 1. The van der Waals surface area contributed by atoms with E-state index in [1.165, 1.54) is 0 Å². The van der Waals surface area contributed by atoms with Crippen LogP contribution in [0, 0.1) is 11.3 Å². The fourth-order valence-electron chi connectivity index (χ4n) is 2.00. The van der Waals surface area contributed by atoms with Gasteiger partial charge in [-0.3, -0.25) is 0 Å². The van der Waals surface area contributed by atoms with E-state index in [1.54, 1.807) is 18.3 Å². The van der Waals surface area contributed by atoms with E-state index < -0.39 is 0 Å². The van der Waals surface area contributed by atoms with E-state index in [0.717, 1.165) is 11.1 Å². The fraction of sp³-hybridized carbons (Fsp3) is 0.250. The van der Waals surface area contributed by atoms with Gasteiger partial charge in [0.05, 0.1) is 5.02 Å². The number of hydrogen-bond donors (Lipinski definition) is 1. The molecule has 1 unspecified atom stereocenters. The Bertz CT molecular complexity index is 665. The molecular formula is C16H16ClN3O. The molecule has 0 saturated carbocycles. The number of ether oxygens (including phenoxy) is 1. The Kier molecular flexibility index (Phi) is 5.15. The molecule has 1 aromatic carbocycles. The van der Waals surface area contributed by atoms with Gasteiger partial charge in [0, 0.05) is 12.2 Å². The van der Waals surface area contributed by atoms with Gasteiger partial charge in [-0.25, -0.2) is 4.98 Å². The summed E-state index contributed by atoms with van der Waals surface area (Å²) in [7, 11) is 0. The van der Waals surface area contributed by atoms with Gasteiger partial charge in [-0.05, 0) is 42.7 Å². The second-order valence-corrected chi connectivity index (χ2v) is 5.27. The third kappa shape index (κ3) is 4.19. The Morgan fingerprint density at radius 1 is 1.43 bits per heavy atom. The Balaban J connectivity index is 2.17. The molecule has 2 N–H and O–H groups in total. The minimum absolute atomic E-state index is 0.0249. The van der Waals surface area contributed by atoms with Gasteiger partial charge in [-0.1, -0.05) is 23.7 Å². The molecule has 4 nitrogen and oxygen atoms in total. The van der Waals surface area contributed by atoms with Gasteiger partial charge in [0.1, 0.15) is 24.1 Å². The lowest BCUT2D eigenvalue weighted by atomic mass is 10.1. The summed E-state index contributed by atoms with van der Waals surface area (Å²) in [6.45, 7) is 2.26. The van der Waals surface area contributed by atoms with Crippen molar-refractivity contribution in [3.63, 3.8) is 0 Å². The molecule has 108 valence electrons. The van der Waals surface area contributed by atoms with Crippen LogP contribution in [-0.4, -0.2) is 11.0 Å². The average Bonchev–Trinajstić information content (AvgIpc) is 2.46. The molecule has 0 fully saturated rings. The van der Waals surface area contributed by atoms with E-state index in [9.17, 15) is 0 Å². The highest BCUT2D eigenvalue weighted by molar-refractivity contribution is 6.32. The number of rotatable bonds is 5. The smallest absolute Gasteiger partial charge is 0.141 e. The Morgan fingerprint density at radius 3 is 2.95 bits per heavy atom. The average molecular weight is 302 g/mol. The highest BCUT2D eigenvalue weighted by Gasteiger charge is 2.10. The Labute approximate surface area is 129 Å². The minimum atomic E-state index is 0.0249. The van der Waals surface area contributed by atoms with Gasteiger partial charge in [0.15, 0.2) is 0 Å². The number of para-hydroxylation sites is 1. The van der Waals surface area contributed by atoms with Gasteiger partial charge < -0.3 is 10.5 Å². The second-order valence-electron chi connectivity index (χ2n) is 4.86. The number of nitrogens with two attached hydrogens (primary N) is 1. The Morgan fingerprint density at radius 2 is 2.24 bits per heavy atom. The van der Waals surface area contributed by atoms with Crippen LogP contribution < -0.4 is 10.5 Å². The van der Waals surface area contributed by atoms with Gasteiger partial charge in [0.2, 0.25) is 0 Å². The van der Waals surface area contributed by atoms with Crippen LogP contribution >= 0.6 is 11.6 Å². The van der Waals surface area contributed by atoms with Crippen molar-refractivity contribution >= 4 is 11.6 Å². The first-order valence-corrected chi connectivity index (χ1v) is 6.98. The van der Waals surface area contributed by atoms with Gasteiger partial charge >= 0.3 is 0 Å². The maximum Gasteiger partial charge on any atom is 0.141 e. The largest absolute Gasteiger partial charge is 0.487 e. The van der Waals surface area contributed by atoms with Crippen molar-refractivity contribution < 1.29 is 4.74 Å². The summed E-state index contributed by atoms with van der Waals surface area (Å²) in [6.07, 6.45) is 2.28. The SMILES string of the molecule is CC(N)Cc1cccc(Cl)c1OCc1ccnc(C#N)c1. The maximum atomic E-state index is 8.85. The molecule has 0 aliphatic heterocycles. The molecule has 1 heterocycles. The third-order valence-corrected chi connectivity index (χ3v) is 3.21. The number of benzene rings is 1. The molecule has 0 bridgehead atoms. The normalized spacial score (nSPS) is 11.7. The highest BCUT2D eigenvalue weighted by Crippen LogP contribution is 2.30.